The third-order valence-electron chi connectivity index (χ3n) is 4.28. The molecule has 1 aromatic carbocycles. The molecule has 0 radical (unpaired) electrons. The summed E-state index contributed by atoms with van der Waals surface area (Å²) in [4.78, 5) is 58.4. The molecule has 0 saturated heterocycles. The lowest BCUT2D eigenvalue weighted by atomic mass is 10.1. The molecule has 4 amide bonds. The minimum Gasteiger partial charge on any atom is -0.508 e. The summed E-state index contributed by atoms with van der Waals surface area (Å²) in [7, 11) is 0. The number of hydrogen-bond donors (Lipinski definition) is 8. The first-order chi connectivity index (χ1) is 15.0. The van der Waals surface area contributed by atoms with E-state index in [0.717, 1.165) is 0 Å². The van der Waals surface area contributed by atoms with Crippen LogP contribution in [0.4, 0.5) is 0 Å². The lowest BCUT2D eigenvalue weighted by Gasteiger charge is -2.19. The molecule has 0 saturated carbocycles. The normalized spacial score (nSPS) is 13.3. The molecule has 3 unspecified atom stereocenters. The third kappa shape index (κ3) is 9.66. The molecule has 12 nitrogen and oxygen atoms in total. The van der Waals surface area contributed by atoms with Gasteiger partial charge in [-0.2, -0.15) is 12.6 Å². The Balaban J connectivity index is 2.53. The number of nitrogens with one attached hydrogen (secondary N) is 3. The Morgan fingerprint density at radius 1 is 1.00 bits per heavy atom. The maximum Gasteiger partial charge on any atom is 0.326 e. The van der Waals surface area contributed by atoms with Crippen molar-refractivity contribution < 1.29 is 34.2 Å². The number of phenolic OH excluding ortho intramolecular Hbond substituents is 1. The standard InChI is InChI=1S/C19H27N5O7S/c20-12(7-10-1-3-11(25)4-2-10)17(28)24-14(9-32)18(29)22-8-16(27)23-13(19(30)31)5-6-15(21)26/h1-4,12-14,25,32H,5-9,20H2,(H2,21,26)(H,22,29)(H,23,27)(H,24,28)(H,30,31). The van der Waals surface area contributed by atoms with Crippen LogP contribution in [-0.4, -0.2) is 70.2 Å². The molecule has 13 heteroatoms. The van der Waals surface area contributed by atoms with Crippen molar-refractivity contribution in [2.45, 2.75) is 37.4 Å². The molecule has 0 aliphatic rings. The predicted molar refractivity (Wildman–Crippen MR) is 117 cm³/mol. The number of carbonyl (C=O) groups is 5. The summed E-state index contributed by atoms with van der Waals surface area (Å²) in [5.41, 5.74) is 11.5. The zero-order chi connectivity index (χ0) is 24.3. The molecule has 176 valence electrons. The molecule has 0 spiro atoms. The van der Waals surface area contributed by atoms with Gasteiger partial charge in [0.05, 0.1) is 12.6 Å². The van der Waals surface area contributed by atoms with Crippen LogP contribution in [0.2, 0.25) is 0 Å². The highest BCUT2D eigenvalue weighted by Gasteiger charge is 2.24. The fraction of sp³-hybridized carbons (Fsp3) is 0.421. The first-order valence-electron chi connectivity index (χ1n) is 9.56. The Morgan fingerprint density at radius 2 is 1.62 bits per heavy atom. The zero-order valence-corrected chi connectivity index (χ0v) is 18.0. The molecule has 0 fully saturated rings. The van der Waals surface area contributed by atoms with Gasteiger partial charge in [0, 0.05) is 12.2 Å². The summed E-state index contributed by atoms with van der Waals surface area (Å²) in [6.07, 6.45) is -0.266. The Kier molecular flexibility index (Phi) is 11.0. The van der Waals surface area contributed by atoms with E-state index in [1.165, 1.54) is 12.1 Å². The Morgan fingerprint density at radius 3 is 2.16 bits per heavy atom. The van der Waals surface area contributed by atoms with Crippen LogP contribution in [0.5, 0.6) is 5.75 Å². The number of aromatic hydroxyl groups is 1. The molecule has 1 aromatic rings. The van der Waals surface area contributed by atoms with E-state index >= 15 is 0 Å². The van der Waals surface area contributed by atoms with Crippen molar-refractivity contribution in [2.75, 3.05) is 12.3 Å². The van der Waals surface area contributed by atoms with E-state index in [1.807, 2.05) is 0 Å². The first-order valence-corrected chi connectivity index (χ1v) is 10.2. The van der Waals surface area contributed by atoms with E-state index < -0.39 is 54.3 Å². The number of thiol groups is 1. The first kappa shape index (κ1) is 26.7. The van der Waals surface area contributed by atoms with E-state index in [9.17, 15) is 29.1 Å². The lowest BCUT2D eigenvalue weighted by molar-refractivity contribution is -0.142. The van der Waals surface area contributed by atoms with E-state index in [4.69, 9.17) is 16.6 Å². The summed E-state index contributed by atoms with van der Waals surface area (Å²) in [5, 5.41) is 25.2. The largest absolute Gasteiger partial charge is 0.508 e. The second-order valence-electron chi connectivity index (χ2n) is 6.90. The van der Waals surface area contributed by atoms with Crippen LogP contribution < -0.4 is 27.4 Å². The second kappa shape index (κ2) is 13.2. The van der Waals surface area contributed by atoms with Gasteiger partial charge in [-0.3, -0.25) is 19.2 Å². The van der Waals surface area contributed by atoms with Crippen LogP contribution in [-0.2, 0) is 30.4 Å². The van der Waals surface area contributed by atoms with Crippen molar-refractivity contribution in [1.82, 2.24) is 16.0 Å². The van der Waals surface area contributed by atoms with E-state index in [1.54, 1.807) is 12.1 Å². The molecule has 32 heavy (non-hydrogen) atoms. The van der Waals surface area contributed by atoms with Gasteiger partial charge in [0.2, 0.25) is 23.6 Å². The SMILES string of the molecule is NC(=O)CCC(NC(=O)CNC(=O)C(CS)NC(=O)C(N)Cc1ccc(O)cc1)C(=O)O. The number of rotatable bonds is 13. The van der Waals surface area contributed by atoms with Crippen LogP contribution in [0.25, 0.3) is 0 Å². The van der Waals surface area contributed by atoms with Gasteiger partial charge in [-0.15, -0.1) is 0 Å². The van der Waals surface area contributed by atoms with Gasteiger partial charge in [-0.1, -0.05) is 12.1 Å². The number of benzene rings is 1. The van der Waals surface area contributed by atoms with Crippen molar-refractivity contribution in [3.8, 4) is 5.75 Å². The number of carboxylic acids is 1. The number of carbonyl (C=O) groups excluding carboxylic acids is 4. The van der Waals surface area contributed by atoms with Crippen molar-refractivity contribution >= 4 is 42.2 Å². The third-order valence-corrected chi connectivity index (χ3v) is 4.65. The molecule has 0 aliphatic carbocycles. The van der Waals surface area contributed by atoms with Crippen molar-refractivity contribution in [2.24, 2.45) is 11.5 Å². The number of nitrogens with two attached hydrogens (primary N) is 2. The molecule has 0 aromatic heterocycles. The highest BCUT2D eigenvalue weighted by atomic mass is 32.1. The zero-order valence-electron chi connectivity index (χ0n) is 17.1. The predicted octanol–water partition coefficient (Wildman–Crippen LogP) is -2.37. The van der Waals surface area contributed by atoms with Crippen LogP contribution in [0.3, 0.4) is 0 Å². The minimum absolute atomic E-state index is 0.0742. The summed E-state index contributed by atoms with van der Waals surface area (Å²) < 4.78 is 0. The molecular weight excluding hydrogens is 442 g/mol. The van der Waals surface area contributed by atoms with Crippen molar-refractivity contribution in [3.63, 3.8) is 0 Å². The molecule has 3 atom stereocenters. The number of phenols is 1. The minimum atomic E-state index is -1.35. The van der Waals surface area contributed by atoms with E-state index in [2.05, 4.69) is 28.6 Å². The maximum absolute atomic E-state index is 12.3. The van der Waals surface area contributed by atoms with E-state index in [0.29, 0.717) is 5.56 Å². The Labute approximate surface area is 189 Å². The molecule has 0 bridgehead atoms. The summed E-state index contributed by atoms with van der Waals surface area (Å²) >= 11 is 4.02. The van der Waals surface area contributed by atoms with E-state index in [-0.39, 0.29) is 30.8 Å². The number of aliphatic carboxylic acids is 1. The maximum atomic E-state index is 12.3. The Hall–Kier alpha value is -3.32. The molecule has 0 aliphatic heterocycles. The second-order valence-corrected chi connectivity index (χ2v) is 7.27. The fourth-order valence-electron chi connectivity index (χ4n) is 2.53. The van der Waals surface area contributed by atoms with Gasteiger partial charge in [-0.25, -0.2) is 4.79 Å². The van der Waals surface area contributed by atoms with Gasteiger partial charge < -0.3 is 37.6 Å². The van der Waals surface area contributed by atoms with Gasteiger partial charge in [0.15, 0.2) is 0 Å². The highest BCUT2D eigenvalue weighted by molar-refractivity contribution is 7.80. The lowest BCUT2D eigenvalue weighted by Crippen LogP contribution is -2.54. The van der Waals surface area contributed by atoms with Crippen molar-refractivity contribution in [1.29, 1.82) is 0 Å². The van der Waals surface area contributed by atoms with Crippen molar-refractivity contribution in [3.05, 3.63) is 29.8 Å². The van der Waals surface area contributed by atoms with Gasteiger partial charge in [0.1, 0.15) is 17.8 Å². The molecule has 0 heterocycles. The molecule has 9 N–H and O–H groups in total. The highest BCUT2D eigenvalue weighted by Crippen LogP contribution is 2.11. The summed E-state index contributed by atoms with van der Waals surface area (Å²) in [6.45, 7) is -0.557. The van der Waals surface area contributed by atoms with Crippen LogP contribution in [0, 0.1) is 0 Å². The van der Waals surface area contributed by atoms with Crippen LogP contribution in [0.1, 0.15) is 18.4 Å². The van der Waals surface area contributed by atoms with Crippen LogP contribution >= 0.6 is 12.6 Å². The van der Waals surface area contributed by atoms with Gasteiger partial charge >= 0.3 is 5.97 Å². The smallest absolute Gasteiger partial charge is 0.326 e. The Bertz CT molecular complexity index is 834. The number of carboxylic acid groups (broad SMARTS) is 1. The van der Waals surface area contributed by atoms with Gasteiger partial charge in [-0.05, 0) is 30.5 Å². The number of primary amides is 1. The average Bonchev–Trinajstić information content (AvgIpc) is 2.74. The molecule has 1 rings (SSSR count). The topological polar surface area (TPSA) is 214 Å². The average molecular weight is 470 g/mol. The summed E-state index contributed by atoms with van der Waals surface area (Å²) in [5.74, 6) is -4.21. The number of hydrogen-bond acceptors (Lipinski definition) is 8. The molecular formula is C19H27N5O7S. The van der Waals surface area contributed by atoms with Crippen LogP contribution in [0.15, 0.2) is 24.3 Å². The quantitative estimate of drug-likeness (QED) is 0.146. The fourth-order valence-corrected chi connectivity index (χ4v) is 2.79. The monoisotopic (exact) mass is 469 g/mol. The van der Waals surface area contributed by atoms with Gasteiger partial charge in [0.25, 0.3) is 0 Å². The summed E-state index contributed by atoms with van der Waals surface area (Å²) in [6, 6.07) is 2.73. The number of amides is 4.